The average molecular weight is 322 g/mol. The van der Waals surface area contributed by atoms with Crippen molar-refractivity contribution in [2.24, 2.45) is 11.7 Å². The number of likely N-dealkylation sites (tertiary alicyclic amines) is 1. The predicted molar refractivity (Wildman–Crippen MR) is 86.3 cm³/mol. The third-order valence-corrected chi connectivity index (χ3v) is 3.84. The SMILES string of the molecule is NCCNC(=O)C1CCCN(CC(=O)Nc2ccccc2F)C1. The molecule has 1 aromatic rings. The van der Waals surface area contributed by atoms with Crippen molar-refractivity contribution >= 4 is 17.5 Å². The van der Waals surface area contributed by atoms with Crippen LogP contribution in [0.2, 0.25) is 0 Å². The third kappa shape index (κ3) is 5.30. The normalized spacial score (nSPS) is 18.4. The Morgan fingerprint density at radius 1 is 1.35 bits per heavy atom. The molecule has 1 fully saturated rings. The van der Waals surface area contributed by atoms with Gasteiger partial charge in [0.25, 0.3) is 0 Å². The molecule has 0 radical (unpaired) electrons. The Kier molecular flexibility index (Phi) is 6.49. The van der Waals surface area contributed by atoms with Crippen molar-refractivity contribution in [2.45, 2.75) is 12.8 Å². The lowest BCUT2D eigenvalue weighted by Gasteiger charge is -2.31. The summed E-state index contributed by atoms with van der Waals surface area (Å²) in [5, 5.41) is 5.35. The Morgan fingerprint density at radius 3 is 2.87 bits per heavy atom. The summed E-state index contributed by atoms with van der Waals surface area (Å²) in [4.78, 5) is 25.9. The number of halogens is 1. The van der Waals surface area contributed by atoms with Gasteiger partial charge >= 0.3 is 0 Å². The summed E-state index contributed by atoms with van der Waals surface area (Å²) in [5.41, 5.74) is 5.55. The van der Waals surface area contributed by atoms with Gasteiger partial charge in [-0.25, -0.2) is 4.39 Å². The number of nitrogens with two attached hydrogens (primary N) is 1. The fraction of sp³-hybridized carbons (Fsp3) is 0.500. The van der Waals surface area contributed by atoms with E-state index in [9.17, 15) is 14.0 Å². The van der Waals surface area contributed by atoms with Gasteiger partial charge in [-0.15, -0.1) is 0 Å². The molecule has 1 heterocycles. The van der Waals surface area contributed by atoms with E-state index in [2.05, 4.69) is 10.6 Å². The minimum Gasteiger partial charge on any atom is -0.355 e. The first-order valence-corrected chi connectivity index (χ1v) is 7.84. The molecule has 126 valence electrons. The molecule has 7 heteroatoms. The molecule has 6 nitrogen and oxygen atoms in total. The molecule has 0 aromatic heterocycles. The summed E-state index contributed by atoms with van der Waals surface area (Å²) in [6.07, 6.45) is 1.66. The number of carbonyl (C=O) groups is 2. The quantitative estimate of drug-likeness (QED) is 0.714. The predicted octanol–water partition coefficient (Wildman–Crippen LogP) is 0.551. The van der Waals surface area contributed by atoms with Crippen LogP contribution in [0.1, 0.15) is 12.8 Å². The molecule has 0 spiro atoms. The number of nitrogens with zero attached hydrogens (tertiary/aromatic N) is 1. The lowest BCUT2D eigenvalue weighted by molar-refractivity contribution is -0.127. The second-order valence-electron chi connectivity index (χ2n) is 5.68. The summed E-state index contributed by atoms with van der Waals surface area (Å²) < 4.78 is 13.5. The molecule has 1 saturated heterocycles. The molecular weight excluding hydrogens is 299 g/mol. The van der Waals surface area contributed by atoms with E-state index in [1.807, 2.05) is 4.90 Å². The molecule has 23 heavy (non-hydrogen) atoms. The summed E-state index contributed by atoms with van der Waals surface area (Å²) in [5.74, 6) is -0.886. The van der Waals surface area contributed by atoms with Crippen LogP contribution in [0.15, 0.2) is 24.3 Å². The number of piperidine rings is 1. The number of anilines is 1. The Balaban J connectivity index is 1.83. The summed E-state index contributed by atoms with van der Waals surface area (Å²) >= 11 is 0. The van der Waals surface area contributed by atoms with E-state index < -0.39 is 5.82 Å². The number of hydrogen-bond donors (Lipinski definition) is 3. The van der Waals surface area contributed by atoms with E-state index in [-0.39, 0.29) is 30.0 Å². The van der Waals surface area contributed by atoms with Gasteiger partial charge in [0, 0.05) is 19.6 Å². The smallest absolute Gasteiger partial charge is 0.238 e. The van der Waals surface area contributed by atoms with Gasteiger partial charge in [0.2, 0.25) is 11.8 Å². The van der Waals surface area contributed by atoms with Gasteiger partial charge in [0.15, 0.2) is 0 Å². The van der Waals surface area contributed by atoms with Crippen LogP contribution in [-0.4, -0.2) is 49.4 Å². The van der Waals surface area contributed by atoms with Gasteiger partial charge in [0.05, 0.1) is 18.2 Å². The molecule has 1 unspecified atom stereocenters. The Labute approximate surface area is 135 Å². The number of benzene rings is 1. The van der Waals surface area contributed by atoms with Gasteiger partial charge in [-0.3, -0.25) is 14.5 Å². The van der Waals surface area contributed by atoms with Crippen LogP contribution in [0, 0.1) is 11.7 Å². The van der Waals surface area contributed by atoms with Crippen molar-refractivity contribution in [1.82, 2.24) is 10.2 Å². The van der Waals surface area contributed by atoms with E-state index in [4.69, 9.17) is 5.73 Å². The Hall–Kier alpha value is -1.99. The van der Waals surface area contributed by atoms with Crippen LogP contribution in [-0.2, 0) is 9.59 Å². The first-order chi connectivity index (χ1) is 11.1. The topological polar surface area (TPSA) is 87.5 Å². The maximum atomic E-state index is 13.5. The number of rotatable bonds is 6. The number of amides is 2. The zero-order valence-corrected chi connectivity index (χ0v) is 13.1. The van der Waals surface area contributed by atoms with E-state index in [1.165, 1.54) is 12.1 Å². The van der Waals surface area contributed by atoms with Crippen LogP contribution in [0.25, 0.3) is 0 Å². The van der Waals surface area contributed by atoms with Gasteiger partial charge in [-0.2, -0.15) is 0 Å². The first-order valence-electron chi connectivity index (χ1n) is 7.84. The summed E-state index contributed by atoms with van der Waals surface area (Å²) in [6.45, 7) is 2.30. The fourth-order valence-electron chi connectivity index (χ4n) is 2.71. The summed E-state index contributed by atoms with van der Waals surface area (Å²) in [7, 11) is 0. The van der Waals surface area contributed by atoms with Crippen molar-refractivity contribution in [2.75, 3.05) is 38.0 Å². The van der Waals surface area contributed by atoms with Crippen molar-refractivity contribution in [3.05, 3.63) is 30.1 Å². The van der Waals surface area contributed by atoms with Crippen LogP contribution >= 0.6 is 0 Å². The van der Waals surface area contributed by atoms with E-state index in [0.29, 0.717) is 19.6 Å². The van der Waals surface area contributed by atoms with Crippen LogP contribution < -0.4 is 16.4 Å². The summed E-state index contributed by atoms with van der Waals surface area (Å²) in [6, 6.07) is 6.05. The van der Waals surface area contributed by atoms with E-state index >= 15 is 0 Å². The van der Waals surface area contributed by atoms with Crippen LogP contribution in [0.3, 0.4) is 0 Å². The first kappa shape index (κ1) is 17.4. The number of para-hydroxylation sites is 1. The van der Waals surface area contributed by atoms with Crippen molar-refractivity contribution < 1.29 is 14.0 Å². The molecular formula is C16H23FN4O2. The number of hydrogen-bond acceptors (Lipinski definition) is 4. The van der Waals surface area contributed by atoms with Gasteiger partial charge in [-0.05, 0) is 31.5 Å². The minimum atomic E-state index is -0.460. The molecule has 2 amide bonds. The zero-order valence-electron chi connectivity index (χ0n) is 13.1. The van der Waals surface area contributed by atoms with Crippen molar-refractivity contribution in [3.8, 4) is 0 Å². The lowest BCUT2D eigenvalue weighted by Crippen LogP contribution is -2.46. The van der Waals surface area contributed by atoms with Gasteiger partial charge in [0.1, 0.15) is 5.82 Å². The fourth-order valence-corrected chi connectivity index (χ4v) is 2.71. The monoisotopic (exact) mass is 322 g/mol. The molecule has 1 aromatic carbocycles. The van der Waals surface area contributed by atoms with E-state index in [1.54, 1.807) is 12.1 Å². The average Bonchev–Trinajstić information content (AvgIpc) is 2.55. The highest BCUT2D eigenvalue weighted by Gasteiger charge is 2.26. The number of nitrogens with one attached hydrogen (secondary N) is 2. The van der Waals surface area contributed by atoms with E-state index in [0.717, 1.165) is 19.4 Å². The second-order valence-corrected chi connectivity index (χ2v) is 5.68. The van der Waals surface area contributed by atoms with Crippen LogP contribution in [0.4, 0.5) is 10.1 Å². The maximum absolute atomic E-state index is 13.5. The zero-order chi connectivity index (χ0) is 16.7. The van der Waals surface area contributed by atoms with Gasteiger partial charge in [-0.1, -0.05) is 12.1 Å². The number of carbonyl (C=O) groups excluding carboxylic acids is 2. The highest BCUT2D eigenvalue weighted by Crippen LogP contribution is 2.17. The lowest BCUT2D eigenvalue weighted by atomic mass is 9.97. The minimum absolute atomic E-state index is 0.0188. The maximum Gasteiger partial charge on any atom is 0.238 e. The highest BCUT2D eigenvalue weighted by molar-refractivity contribution is 5.92. The molecule has 2 rings (SSSR count). The molecule has 0 saturated carbocycles. The molecule has 0 bridgehead atoms. The molecule has 1 atom stereocenters. The highest BCUT2D eigenvalue weighted by atomic mass is 19.1. The van der Waals surface area contributed by atoms with Gasteiger partial charge < -0.3 is 16.4 Å². The Bertz CT molecular complexity index is 553. The Morgan fingerprint density at radius 2 is 2.13 bits per heavy atom. The largest absolute Gasteiger partial charge is 0.355 e. The third-order valence-electron chi connectivity index (χ3n) is 3.84. The van der Waals surface area contributed by atoms with Crippen LogP contribution in [0.5, 0.6) is 0 Å². The van der Waals surface area contributed by atoms with Crippen molar-refractivity contribution in [1.29, 1.82) is 0 Å². The molecule has 4 N–H and O–H groups in total. The second kappa shape index (κ2) is 8.59. The standard InChI is InChI=1S/C16H23FN4O2/c17-13-5-1-2-6-14(13)20-15(22)11-21-9-3-4-12(10-21)16(23)19-8-7-18/h1-2,5-6,12H,3-4,7-11,18H2,(H,19,23)(H,20,22). The molecule has 1 aliphatic heterocycles. The molecule has 0 aliphatic carbocycles. The van der Waals surface area contributed by atoms with Crippen molar-refractivity contribution in [3.63, 3.8) is 0 Å². The molecule has 1 aliphatic rings.